The van der Waals surface area contributed by atoms with E-state index in [1.54, 1.807) is 0 Å². The number of rotatable bonds is 2. The summed E-state index contributed by atoms with van der Waals surface area (Å²) in [4.78, 5) is 4.81. The molecule has 1 aliphatic heterocycles. The molecule has 92 valence electrons. The third-order valence-corrected chi connectivity index (χ3v) is 4.85. The van der Waals surface area contributed by atoms with Gasteiger partial charge in [0.15, 0.2) is 5.17 Å². The van der Waals surface area contributed by atoms with Gasteiger partial charge in [-0.05, 0) is 31.6 Å². The van der Waals surface area contributed by atoms with Crippen LogP contribution in [0.1, 0.15) is 52.9 Å². The number of nitrogens with one attached hydrogen (secondary N) is 1. The molecule has 2 fully saturated rings. The first-order chi connectivity index (χ1) is 7.57. The lowest BCUT2D eigenvalue weighted by Gasteiger charge is -2.28. The molecule has 2 unspecified atom stereocenters. The highest BCUT2D eigenvalue weighted by atomic mass is 32.2. The molecular weight excluding hydrogens is 216 g/mol. The lowest BCUT2D eigenvalue weighted by atomic mass is 9.89. The number of thioether (sulfide) groups is 1. The molecule has 3 heteroatoms. The smallest absolute Gasteiger partial charge is 0.157 e. The highest BCUT2D eigenvalue weighted by Gasteiger charge is 2.29. The van der Waals surface area contributed by atoms with Gasteiger partial charge in [0.1, 0.15) is 0 Å². The highest BCUT2D eigenvalue weighted by molar-refractivity contribution is 8.14. The maximum absolute atomic E-state index is 4.81. The van der Waals surface area contributed by atoms with Gasteiger partial charge in [-0.15, -0.1) is 0 Å². The predicted molar refractivity (Wildman–Crippen MR) is 73.1 cm³/mol. The number of aliphatic imine (C=N–C) groups is 1. The molecule has 0 radical (unpaired) electrons. The van der Waals surface area contributed by atoms with Gasteiger partial charge in [-0.3, -0.25) is 4.99 Å². The number of hydrogen-bond donors (Lipinski definition) is 1. The van der Waals surface area contributed by atoms with Gasteiger partial charge in [0.25, 0.3) is 0 Å². The Balaban J connectivity index is 1.91. The van der Waals surface area contributed by atoms with Crippen molar-refractivity contribution in [3.8, 4) is 0 Å². The molecule has 16 heavy (non-hydrogen) atoms. The zero-order chi connectivity index (χ0) is 11.6. The highest BCUT2D eigenvalue weighted by Crippen LogP contribution is 2.38. The maximum Gasteiger partial charge on any atom is 0.157 e. The fraction of sp³-hybridized carbons (Fsp3) is 0.923. The van der Waals surface area contributed by atoms with Gasteiger partial charge in [-0.25, -0.2) is 0 Å². The molecule has 2 rings (SSSR count). The van der Waals surface area contributed by atoms with E-state index in [-0.39, 0.29) is 0 Å². The minimum absolute atomic E-state index is 0.485. The molecule has 0 amide bonds. The van der Waals surface area contributed by atoms with Gasteiger partial charge < -0.3 is 5.32 Å². The van der Waals surface area contributed by atoms with Gasteiger partial charge >= 0.3 is 0 Å². The van der Waals surface area contributed by atoms with Crippen LogP contribution in [0.25, 0.3) is 0 Å². The summed E-state index contributed by atoms with van der Waals surface area (Å²) < 4.78 is 0. The standard InChI is InChI=1S/C13H24N2S/c1-10-8-11(2)16-12(15-10)14-9-13(3)6-4-5-7-13/h10-11H,4-9H2,1-3H3,(H,14,15). The quantitative estimate of drug-likeness (QED) is 0.799. The number of amidine groups is 1. The van der Waals surface area contributed by atoms with Crippen molar-refractivity contribution >= 4 is 16.9 Å². The molecule has 0 aromatic heterocycles. The van der Waals surface area contributed by atoms with Crippen LogP contribution in [0.3, 0.4) is 0 Å². The molecule has 1 heterocycles. The topological polar surface area (TPSA) is 24.4 Å². The lowest BCUT2D eigenvalue weighted by molar-refractivity contribution is 0.351. The van der Waals surface area contributed by atoms with E-state index in [1.807, 2.05) is 11.8 Å². The van der Waals surface area contributed by atoms with E-state index in [4.69, 9.17) is 4.99 Å². The molecule has 1 aliphatic carbocycles. The average Bonchev–Trinajstić information content (AvgIpc) is 2.62. The van der Waals surface area contributed by atoms with Gasteiger partial charge in [0.2, 0.25) is 0 Å². The molecule has 2 atom stereocenters. The first-order valence-corrected chi connectivity index (χ1v) is 7.43. The van der Waals surface area contributed by atoms with E-state index in [2.05, 4.69) is 26.1 Å². The van der Waals surface area contributed by atoms with E-state index < -0.39 is 0 Å². The fourth-order valence-corrected chi connectivity index (χ4v) is 3.95. The van der Waals surface area contributed by atoms with Crippen molar-refractivity contribution in [1.82, 2.24) is 5.32 Å². The summed E-state index contributed by atoms with van der Waals surface area (Å²) in [7, 11) is 0. The largest absolute Gasteiger partial charge is 0.362 e. The summed E-state index contributed by atoms with van der Waals surface area (Å²) in [6.45, 7) is 7.96. The number of nitrogens with zero attached hydrogens (tertiary/aromatic N) is 1. The van der Waals surface area contributed by atoms with Gasteiger partial charge in [-0.1, -0.05) is 38.5 Å². The van der Waals surface area contributed by atoms with Crippen molar-refractivity contribution in [1.29, 1.82) is 0 Å². The predicted octanol–water partition coefficient (Wildman–Crippen LogP) is 3.43. The lowest BCUT2D eigenvalue weighted by Crippen LogP contribution is -2.38. The second-order valence-corrected chi connectivity index (χ2v) is 7.28. The molecule has 0 spiro atoms. The van der Waals surface area contributed by atoms with E-state index in [0.717, 1.165) is 6.54 Å². The summed E-state index contributed by atoms with van der Waals surface area (Å²) in [5.74, 6) is 0. The third kappa shape index (κ3) is 3.16. The van der Waals surface area contributed by atoms with Crippen LogP contribution < -0.4 is 5.32 Å². The summed E-state index contributed by atoms with van der Waals surface area (Å²) in [5, 5.41) is 5.40. The zero-order valence-corrected chi connectivity index (χ0v) is 11.6. The Bertz CT molecular complexity index is 257. The van der Waals surface area contributed by atoms with Crippen LogP contribution in [0.5, 0.6) is 0 Å². The van der Waals surface area contributed by atoms with Crippen LogP contribution in [-0.2, 0) is 0 Å². The molecule has 0 aromatic carbocycles. The van der Waals surface area contributed by atoms with Crippen LogP contribution in [0.2, 0.25) is 0 Å². The second kappa shape index (κ2) is 4.99. The monoisotopic (exact) mass is 240 g/mol. The van der Waals surface area contributed by atoms with Crippen LogP contribution in [0.4, 0.5) is 0 Å². The normalized spacial score (nSPS) is 36.3. The SMILES string of the molecule is CC1CC(C)SC(=NCC2(C)CCCC2)N1. The van der Waals surface area contributed by atoms with E-state index >= 15 is 0 Å². The van der Waals surface area contributed by atoms with Gasteiger partial charge in [0, 0.05) is 17.8 Å². The summed E-state index contributed by atoms with van der Waals surface area (Å²) >= 11 is 1.91. The maximum atomic E-state index is 4.81. The van der Waals surface area contributed by atoms with Crippen LogP contribution in [0, 0.1) is 5.41 Å². The van der Waals surface area contributed by atoms with Crippen molar-refractivity contribution in [2.45, 2.75) is 64.2 Å². The third-order valence-electron chi connectivity index (χ3n) is 3.78. The Kier molecular flexibility index (Phi) is 3.83. The Morgan fingerprint density at radius 1 is 1.38 bits per heavy atom. The summed E-state index contributed by atoms with van der Waals surface area (Å²) in [6, 6.07) is 0.589. The van der Waals surface area contributed by atoms with Crippen molar-refractivity contribution in [3.63, 3.8) is 0 Å². The van der Waals surface area contributed by atoms with Gasteiger partial charge in [0.05, 0.1) is 0 Å². The molecule has 2 aliphatic rings. The Hall–Kier alpha value is -0.180. The Morgan fingerprint density at radius 3 is 2.69 bits per heavy atom. The van der Waals surface area contributed by atoms with Crippen LogP contribution in [-0.4, -0.2) is 23.0 Å². The zero-order valence-electron chi connectivity index (χ0n) is 10.8. The Morgan fingerprint density at radius 2 is 2.06 bits per heavy atom. The minimum atomic E-state index is 0.485. The van der Waals surface area contributed by atoms with Crippen LogP contribution in [0.15, 0.2) is 4.99 Å². The number of hydrogen-bond acceptors (Lipinski definition) is 2. The fourth-order valence-electron chi connectivity index (χ4n) is 2.77. The second-order valence-electron chi connectivity index (χ2n) is 5.85. The summed E-state index contributed by atoms with van der Waals surface area (Å²) in [6.07, 6.45) is 6.77. The average molecular weight is 240 g/mol. The molecule has 1 N–H and O–H groups in total. The first kappa shape index (κ1) is 12.3. The molecular formula is C13H24N2S. The van der Waals surface area contributed by atoms with Gasteiger partial charge in [-0.2, -0.15) is 0 Å². The van der Waals surface area contributed by atoms with Crippen molar-refractivity contribution < 1.29 is 0 Å². The minimum Gasteiger partial charge on any atom is -0.362 e. The van der Waals surface area contributed by atoms with Crippen molar-refractivity contribution in [2.24, 2.45) is 10.4 Å². The molecule has 0 aromatic rings. The van der Waals surface area contributed by atoms with Crippen molar-refractivity contribution in [3.05, 3.63) is 0 Å². The van der Waals surface area contributed by atoms with Crippen LogP contribution >= 0.6 is 11.8 Å². The first-order valence-electron chi connectivity index (χ1n) is 6.55. The molecule has 0 bridgehead atoms. The van der Waals surface area contributed by atoms with E-state index in [0.29, 0.717) is 16.7 Å². The van der Waals surface area contributed by atoms with Crippen molar-refractivity contribution in [2.75, 3.05) is 6.54 Å². The molecule has 2 nitrogen and oxygen atoms in total. The summed E-state index contributed by atoms with van der Waals surface area (Å²) in [5.41, 5.74) is 0.485. The molecule has 1 saturated heterocycles. The molecule has 1 saturated carbocycles. The van der Waals surface area contributed by atoms with E-state index in [1.165, 1.54) is 37.3 Å². The Labute approximate surface area is 104 Å². The van der Waals surface area contributed by atoms with E-state index in [9.17, 15) is 0 Å².